The van der Waals surface area contributed by atoms with Crippen LogP contribution in [-0.4, -0.2) is 40.1 Å². The van der Waals surface area contributed by atoms with Crippen LogP contribution < -0.4 is 10.1 Å². The van der Waals surface area contributed by atoms with Crippen molar-refractivity contribution in [3.63, 3.8) is 0 Å². The van der Waals surface area contributed by atoms with Gasteiger partial charge in [-0.2, -0.15) is 0 Å². The van der Waals surface area contributed by atoms with Gasteiger partial charge in [0.2, 0.25) is 0 Å². The van der Waals surface area contributed by atoms with Gasteiger partial charge in [-0.15, -0.1) is 0 Å². The van der Waals surface area contributed by atoms with Crippen LogP contribution in [0.2, 0.25) is 5.02 Å². The third-order valence-electron chi connectivity index (χ3n) is 4.57. The van der Waals surface area contributed by atoms with Crippen LogP contribution in [0.5, 0.6) is 6.01 Å². The molecule has 2 heterocycles. The van der Waals surface area contributed by atoms with Crippen molar-refractivity contribution < 1.29 is 9.53 Å². The minimum atomic E-state index is -0.141. The van der Waals surface area contributed by atoms with Crippen LogP contribution in [0.25, 0.3) is 10.8 Å². The number of hydrogen-bond donors (Lipinski definition) is 1. The quantitative estimate of drug-likeness (QED) is 0.730. The summed E-state index contributed by atoms with van der Waals surface area (Å²) in [5, 5.41) is 5.60. The smallest absolute Gasteiger partial charge is 0.321 e. The summed E-state index contributed by atoms with van der Waals surface area (Å²) in [6, 6.07) is 14.0. The molecule has 0 radical (unpaired) electrons. The molecule has 0 saturated carbocycles. The van der Waals surface area contributed by atoms with Crippen molar-refractivity contribution >= 4 is 34.1 Å². The molecule has 138 valence electrons. The van der Waals surface area contributed by atoms with Gasteiger partial charge in [0.15, 0.2) is 0 Å². The molecule has 6 nitrogen and oxygen atoms in total. The third kappa shape index (κ3) is 4.11. The Bertz CT molecular complexity index is 943. The standard InChI is InChI=1S/C20H19ClN4O2/c21-15-11-22-19(23-12-15)27-16-7-4-10-25(13-16)20(26)24-18-9-3-6-14-5-1-2-8-17(14)18/h1-3,5-6,8-9,11-12,16H,4,7,10,13H2,(H,24,26). The molecule has 1 saturated heterocycles. The first-order valence-corrected chi connectivity index (χ1v) is 9.25. The molecule has 1 aliphatic rings. The van der Waals surface area contributed by atoms with Crippen molar-refractivity contribution in [3.05, 3.63) is 59.9 Å². The summed E-state index contributed by atoms with van der Waals surface area (Å²) in [6.07, 6.45) is 4.57. The number of nitrogens with one attached hydrogen (secondary N) is 1. The highest BCUT2D eigenvalue weighted by Gasteiger charge is 2.25. The lowest BCUT2D eigenvalue weighted by Crippen LogP contribution is -2.46. The van der Waals surface area contributed by atoms with Crippen molar-refractivity contribution in [1.82, 2.24) is 14.9 Å². The first-order chi connectivity index (χ1) is 13.2. The Balaban J connectivity index is 1.43. The fourth-order valence-electron chi connectivity index (χ4n) is 3.26. The Kier molecular flexibility index (Phi) is 5.07. The van der Waals surface area contributed by atoms with E-state index >= 15 is 0 Å². The first kappa shape index (κ1) is 17.5. The van der Waals surface area contributed by atoms with E-state index in [0.29, 0.717) is 18.1 Å². The second-order valence-electron chi connectivity index (χ2n) is 6.47. The lowest BCUT2D eigenvalue weighted by molar-refractivity contribution is 0.0983. The number of halogens is 1. The van der Waals surface area contributed by atoms with Gasteiger partial charge in [-0.1, -0.05) is 48.0 Å². The summed E-state index contributed by atoms with van der Waals surface area (Å²) >= 11 is 5.80. The van der Waals surface area contributed by atoms with Gasteiger partial charge in [-0.3, -0.25) is 0 Å². The zero-order valence-electron chi connectivity index (χ0n) is 14.6. The Labute approximate surface area is 162 Å². The molecule has 0 bridgehead atoms. The molecule has 2 amide bonds. The average Bonchev–Trinajstić information content (AvgIpc) is 2.70. The number of ether oxygens (including phenoxy) is 1. The summed E-state index contributed by atoms with van der Waals surface area (Å²) in [5.74, 6) is 0. The highest BCUT2D eigenvalue weighted by atomic mass is 35.5. The number of likely N-dealkylation sites (tertiary alicyclic amines) is 1. The first-order valence-electron chi connectivity index (χ1n) is 8.87. The number of fused-ring (bicyclic) bond motifs is 1. The Hall–Kier alpha value is -2.86. The molecule has 1 fully saturated rings. The van der Waals surface area contributed by atoms with Gasteiger partial charge >= 0.3 is 12.0 Å². The van der Waals surface area contributed by atoms with Crippen LogP contribution in [-0.2, 0) is 0 Å². The summed E-state index contributed by atoms with van der Waals surface area (Å²) in [4.78, 5) is 22.7. The van der Waals surface area contributed by atoms with E-state index in [1.807, 2.05) is 42.5 Å². The lowest BCUT2D eigenvalue weighted by Gasteiger charge is -2.32. The average molecular weight is 383 g/mol. The predicted octanol–water partition coefficient (Wildman–Crippen LogP) is 4.36. The fourth-order valence-corrected chi connectivity index (χ4v) is 3.36. The zero-order chi connectivity index (χ0) is 18.6. The van der Waals surface area contributed by atoms with Crippen molar-refractivity contribution in [2.75, 3.05) is 18.4 Å². The van der Waals surface area contributed by atoms with Crippen molar-refractivity contribution in [2.45, 2.75) is 18.9 Å². The van der Waals surface area contributed by atoms with Crippen LogP contribution in [0.1, 0.15) is 12.8 Å². The summed E-state index contributed by atoms with van der Waals surface area (Å²) in [6.45, 7) is 1.18. The molecule has 3 aromatic rings. The van der Waals surface area contributed by atoms with Crippen molar-refractivity contribution in [2.24, 2.45) is 0 Å². The van der Waals surface area contributed by atoms with Crippen LogP contribution in [0.3, 0.4) is 0 Å². The SMILES string of the molecule is O=C(Nc1cccc2ccccc12)N1CCCC(Oc2ncc(Cl)cn2)C1. The molecule has 0 aliphatic carbocycles. The molecule has 7 heteroatoms. The number of anilines is 1. The number of nitrogens with zero attached hydrogens (tertiary/aromatic N) is 3. The van der Waals surface area contributed by atoms with Crippen LogP contribution >= 0.6 is 11.6 Å². The highest BCUT2D eigenvalue weighted by Crippen LogP contribution is 2.24. The van der Waals surface area contributed by atoms with E-state index in [2.05, 4.69) is 15.3 Å². The number of carbonyl (C=O) groups excluding carboxylic acids is 1. The minimum absolute atomic E-state index is 0.128. The van der Waals surface area contributed by atoms with Crippen LogP contribution in [0.4, 0.5) is 10.5 Å². The van der Waals surface area contributed by atoms with Gasteiger partial charge in [0.05, 0.1) is 29.6 Å². The number of piperidine rings is 1. The zero-order valence-corrected chi connectivity index (χ0v) is 15.4. The van der Waals surface area contributed by atoms with Gasteiger partial charge in [-0.25, -0.2) is 14.8 Å². The number of aromatic nitrogens is 2. The number of hydrogen-bond acceptors (Lipinski definition) is 4. The normalized spacial score (nSPS) is 16.9. The van der Waals surface area contributed by atoms with Crippen molar-refractivity contribution in [1.29, 1.82) is 0 Å². The molecule has 1 N–H and O–H groups in total. The largest absolute Gasteiger partial charge is 0.458 e. The Morgan fingerprint density at radius 2 is 1.93 bits per heavy atom. The second kappa shape index (κ2) is 7.80. The van der Waals surface area contributed by atoms with E-state index in [9.17, 15) is 4.79 Å². The monoisotopic (exact) mass is 382 g/mol. The summed E-state index contributed by atoms with van der Waals surface area (Å²) in [5.41, 5.74) is 0.808. The molecule has 1 atom stereocenters. The summed E-state index contributed by atoms with van der Waals surface area (Å²) in [7, 11) is 0. The summed E-state index contributed by atoms with van der Waals surface area (Å²) < 4.78 is 5.81. The maximum absolute atomic E-state index is 12.8. The van der Waals surface area contributed by atoms with E-state index in [4.69, 9.17) is 16.3 Å². The Morgan fingerprint density at radius 3 is 2.78 bits per heavy atom. The van der Waals surface area contributed by atoms with E-state index in [0.717, 1.165) is 29.3 Å². The number of amides is 2. The van der Waals surface area contributed by atoms with Gasteiger partial charge in [0.1, 0.15) is 6.10 Å². The number of urea groups is 1. The topological polar surface area (TPSA) is 67.4 Å². The minimum Gasteiger partial charge on any atom is -0.458 e. The van der Waals surface area contributed by atoms with Crippen LogP contribution in [0.15, 0.2) is 54.9 Å². The maximum Gasteiger partial charge on any atom is 0.321 e. The van der Waals surface area contributed by atoms with E-state index < -0.39 is 0 Å². The Morgan fingerprint density at radius 1 is 1.15 bits per heavy atom. The fraction of sp³-hybridized carbons (Fsp3) is 0.250. The predicted molar refractivity (Wildman–Crippen MR) is 105 cm³/mol. The van der Waals surface area contributed by atoms with Gasteiger partial charge in [0, 0.05) is 11.9 Å². The van der Waals surface area contributed by atoms with Gasteiger partial charge in [-0.05, 0) is 24.3 Å². The second-order valence-corrected chi connectivity index (χ2v) is 6.91. The van der Waals surface area contributed by atoms with Crippen LogP contribution in [0, 0.1) is 0 Å². The maximum atomic E-state index is 12.8. The molecule has 0 spiro atoms. The molecule has 2 aromatic carbocycles. The van der Waals surface area contributed by atoms with E-state index in [1.165, 1.54) is 12.4 Å². The molecular formula is C20H19ClN4O2. The lowest BCUT2D eigenvalue weighted by atomic mass is 10.1. The molecule has 27 heavy (non-hydrogen) atoms. The number of benzene rings is 2. The van der Waals surface area contributed by atoms with Crippen molar-refractivity contribution in [3.8, 4) is 6.01 Å². The molecule has 1 unspecified atom stereocenters. The number of carbonyl (C=O) groups is 1. The molecule has 4 rings (SSSR count). The van der Waals surface area contributed by atoms with Gasteiger partial charge < -0.3 is 15.0 Å². The molecular weight excluding hydrogens is 364 g/mol. The molecule has 1 aromatic heterocycles. The van der Waals surface area contributed by atoms with E-state index in [1.54, 1.807) is 4.90 Å². The molecule has 1 aliphatic heterocycles. The number of rotatable bonds is 3. The van der Waals surface area contributed by atoms with E-state index in [-0.39, 0.29) is 18.1 Å². The third-order valence-corrected chi connectivity index (χ3v) is 4.76. The van der Waals surface area contributed by atoms with Gasteiger partial charge in [0.25, 0.3) is 0 Å². The highest BCUT2D eigenvalue weighted by molar-refractivity contribution is 6.30.